The molecule has 1 N–H and O–H groups in total. The molecule has 0 aliphatic carbocycles. The van der Waals surface area contributed by atoms with E-state index in [2.05, 4.69) is 10.3 Å². The van der Waals surface area contributed by atoms with Crippen molar-refractivity contribution >= 4 is 44.6 Å². The molecule has 3 aromatic rings. The van der Waals surface area contributed by atoms with Gasteiger partial charge in [-0.15, -0.1) is 0 Å². The molecular formula is C22H24ClN5O4S. The van der Waals surface area contributed by atoms with Crippen LogP contribution >= 0.6 is 11.6 Å². The Bertz CT molecular complexity index is 1370. The summed E-state index contributed by atoms with van der Waals surface area (Å²) in [5.74, 6) is 0.0798. The minimum Gasteiger partial charge on any atom is -0.327 e. The summed E-state index contributed by atoms with van der Waals surface area (Å²) in [5, 5.41) is 3.30. The van der Waals surface area contributed by atoms with Gasteiger partial charge in [-0.2, -0.15) is 0 Å². The molecule has 11 heteroatoms. The number of nitrogens with zero attached hydrogens (tertiary/aromatic N) is 4. The molecule has 1 unspecified atom stereocenters. The Kier molecular flexibility index (Phi) is 5.71. The first kappa shape index (κ1) is 23.2. The second-order valence-corrected chi connectivity index (χ2v) is 10.8. The number of imidazole rings is 1. The number of aromatic nitrogens is 2. The van der Waals surface area contributed by atoms with Crippen molar-refractivity contribution in [2.45, 2.75) is 37.4 Å². The monoisotopic (exact) mass is 489 g/mol. The van der Waals surface area contributed by atoms with Crippen LogP contribution in [0.5, 0.6) is 0 Å². The first-order valence-electron chi connectivity index (χ1n) is 10.3. The van der Waals surface area contributed by atoms with Crippen LogP contribution in [0.25, 0.3) is 11.0 Å². The number of aryl methyl sites for hydroxylation is 1. The normalized spacial score (nSPS) is 19.0. The molecule has 9 nitrogen and oxygen atoms in total. The summed E-state index contributed by atoms with van der Waals surface area (Å²) in [7, 11) is -0.695. The average Bonchev–Trinajstić information content (AvgIpc) is 3.23. The summed E-state index contributed by atoms with van der Waals surface area (Å²) in [4.78, 5) is 31.9. The quantitative estimate of drug-likeness (QED) is 0.536. The van der Waals surface area contributed by atoms with Crippen molar-refractivity contribution in [3.05, 3.63) is 58.9 Å². The van der Waals surface area contributed by atoms with Crippen LogP contribution in [0.4, 0.5) is 4.79 Å². The zero-order valence-corrected chi connectivity index (χ0v) is 20.2. The molecule has 33 heavy (non-hydrogen) atoms. The largest absolute Gasteiger partial charge is 0.327 e. The zero-order valence-electron chi connectivity index (χ0n) is 18.7. The third-order valence-electron chi connectivity index (χ3n) is 5.89. The molecule has 1 aromatic heterocycles. The SMILES string of the molecule is CCn1c(CN2C(=O)NC(C)(c3ccc(Cl)cc3)C2=O)nc2cc(S(=O)(=O)N(C)C)ccc21. The highest BCUT2D eigenvalue weighted by Crippen LogP contribution is 2.31. The Hall–Kier alpha value is -2.95. The number of hydrogen-bond acceptors (Lipinski definition) is 5. The molecule has 0 radical (unpaired) electrons. The summed E-state index contributed by atoms with van der Waals surface area (Å²) in [6, 6.07) is 10.9. The molecule has 4 rings (SSSR count). The number of urea groups is 1. The minimum absolute atomic E-state index is 0.0495. The number of halogens is 1. The molecule has 1 atom stereocenters. The van der Waals surface area contributed by atoms with E-state index in [1.54, 1.807) is 37.3 Å². The number of rotatable bonds is 6. The third-order valence-corrected chi connectivity index (χ3v) is 7.95. The van der Waals surface area contributed by atoms with Gasteiger partial charge in [-0.25, -0.2) is 22.5 Å². The summed E-state index contributed by atoms with van der Waals surface area (Å²) >= 11 is 5.96. The van der Waals surface area contributed by atoms with Gasteiger partial charge in [0.2, 0.25) is 10.0 Å². The van der Waals surface area contributed by atoms with Crippen LogP contribution in [0.15, 0.2) is 47.4 Å². The Balaban J connectivity index is 1.70. The van der Waals surface area contributed by atoms with Crippen LogP contribution in [0, 0.1) is 0 Å². The van der Waals surface area contributed by atoms with E-state index in [0.717, 1.165) is 14.7 Å². The zero-order chi connectivity index (χ0) is 24.1. The van der Waals surface area contributed by atoms with Crippen molar-refractivity contribution in [1.29, 1.82) is 0 Å². The van der Waals surface area contributed by atoms with Crippen LogP contribution in [0.3, 0.4) is 0 Å². The molecule has 1 aliphatic heterocycles. The third kappa shape index (κ3) is 3.77. The maximum absolute atomic E-state index is 13.3. The summed E-state index contributed by atoms with van der Waals surface area (Å²) in [6.45, 7) is 4.05. The molecule has 3 amide bonds. The lowest BCUT2D eigenvalue weighted by atomic mass is 9.92. The number of benzene rings is 2. The second-order valence-electron chi connectivity index (χ2n) is 8.16. The lowest BCUT2D eigenvalue weighted by molar-refractivity contribution is -0.131. The highest BCUT2D eigenvalue weighted by Gasteiger charge is 2.49. The molecular weight excluding hydrogens is 466 g/mol. The van der Waals surface area contributed by atoms with Crippen molar-refractivity contribution < 1.29 is 18.0 Å². The fourth-order valence-electron chi connectivity index (χ4n) is 3.97. The average molecular weight is 490 g/mol. The fraction of sp³-hybridized carbons (Fsp3) is 0.318. The van der Waals surface area contributed by atoms with Gasteiger partial charge in [0.15, 0.2) is 0 Å². The van der Waals surface area contributed by atoms with Gasteiger partial charge in [0, 0.05) is 25.7 Å². The van der Waals surface area contributed by atoms with Crippen LogP contribution in [0.2, 0.25) is 5.02 Å². The highest BCUT2D eigenvalue weighted by molar-refractivity contribution is 7.89. The number of carbonyl (C=O) groups is 2. The van der Waals surface area contributed by atoms with E-state index < -0.39 is 27.5 Å². The topological polar surface area (TPSA) is 105 Å². The lowest BCUT2D eigenvalue weighted by Crippen LogP contribution is -2.40. The minimum atomic E-state index is -3.62. The molecule has 1 fully saturated rings. The molecule has 2 heterocycles. The van der Waals surface area contributed by atoms with E-state index in [1.165, 1.54) is 26.2 Å². The first-order chi connectivity index (χ1) is 15.5. The van der Waals surface area contributed by atoms with E-state index in [1.807, 2.05) is 11.5 Å². The number of hydrogen-bond donors (Lipinski definition) is 1. The Labute approximate surface area is 197 Å². The fourth-order valence-corrected chi connectivity index (χ4v) is 5.01. The van der Waals surface area contributed by atoms with Crippen molar-refractivity contribution in [1.82, 2.24) is 24.1 Å². The number of carbonyl (C=O) groups excluding carboxylic acids is 2. The van der Waals surface area contributed by atoms with Gasteiger partial charge in [-0.05, 0) is 49.7 Å². The van der Waals surface area contributed by atoms with Crippen LogP contribution in [-0.4, -0.2) is 53.2 Å². The van der Waals surface area contributed by atoms with Crippen LogP contribution in [0.1, 0.15) is 25.2 Å². The number of nitrogens with one attached hydrogen (secondary N) is 1. The Morgan fingerprint density at radius 3 is 2.39 bits per heavy atom. The standard InChI is InChI=1S/C22H24ClN5O4S/c1-5-27-18-11-10-16(33(31,32)26(3)4)12-17(18)24-19(27)13-28-20(29)22(2,25-21(28)30)14-6-8-15(23)9-7-14/h6-12H,5,13H2,1-4H3,(H,25,30). The van der Waals surface area contributed by atoms with Crippen molar-refractivity contribution in [3.8, 4) is 0 Å². The maximum atomic E-state index is 13.3. The molecule has 1 aliphatic rings. The smallest absolute Gasteiger partial charge is 0.325 e. The predicted molar refractivity (Wildman–Crippen MR) is 124 cm³/mol. The van der Waals surface area contributed by atoms with Crippen LogP contribution < -0.4 is 5.32 Å². The van der Waals surface area contributed by atoms with E-state index in [9.17, 15) is 18.0 Å². The molecule has 0 bridgehead atoms. The van der Waals surface area contributed by atoms with E-state index in [4.69, 9.17) is 11.6 Å². The summed E-state index contributed by atoms with van der Waals surface area (Å²) in [6.07, 6.45) is 0. The molecule has 0 saturated carbocycles. The summed E-state index contributed by atoms with van der Waals surface area (Å²) < 4.78 is 28.0. The van der Waals surface area contributed by atoms with Gasteiger partial charge < -0.3 is 9.88 Å². The van der Waals surface area contributed by atoms with Gasteiger partial charge in [-0.1, -0.05) is 23.7 Å². The highest BCUT2D eigenvalue weighted by atomic mass is 35.5. The van der Waals surface area contributed by atoms with E-state index in [-0.39, 0.29) is 11.4 Å². The predicted octanol–water partition coefficient (Wildman–Crippen LogP) is 2.93. The Morgan fingerprint density at radius 1 is 1.12 bits per heavy atom. The van der Waals surface area contributed by atoms with Gasteiger partial charge in [0.1, 0.15) is 11.4 Å². The van der Waals surface area contributed by atoms with E-state index in [0.29, 0.717) is 28.5 Å². The molecule has 174 valence electrons. The second kappa shape index (κ2) is 8.12. The van der Waals surface area contributed by atoms with Crippen molar-refractivity contribution in [3.63, 3.8) is 0 Å². The van der Waals surface area contributed by atoms with E-state index >= 15 is 0 Å². The van der Waals surface area contributed by atoms with Gasteiger partial charge in [0.05, 0.1) is 22.5 Å². The van der Waals surface area contributed by atoms with Gasteiger partial charge in [0.25, 0.3) is 5.91 Å². The molecule has 1 saturated heterocycles. The number of amides is 3. The number of imide groups is 1. The summed E-state index contributed by atoms with van der Waals surface area (Å²) in [5.41, 5.74) is 0.591. The Morgan fingerprint density at radius 2 is 1.79 bits per heavy atom. The van der Waals surface area contributed by atoms with Gasteiger partial charge in [-0.3, -0.25) is 9.69 Å². The molecule has 0 spiro atoms. The molecule has 2 aromatic carbocycles. The van der Waals surface area contributed by atoms with Gasteiger partial charge >= 0.3 is 6.03 Å². The maximum Gasteiger partial charge on any atom is 0.325 e. The number of fused-ring (bicyclic) bond motifs is 1. The van der Waals surface area contributed by atoms with Crippen LogP contribution in [-0.2, 0) is 33.4 Å². The first-order valence-corrected chi connectivity index (χ1v) is 12.1. The van der Waals surface area contributed by atoms with Crippen molar-refractivity contribution in [2.75, 3.05) is 14.1 Å². The van der Waals surface area contributed by atoms with Crippen molar-refractivity contribution in [2.24, 2.45) is 0 Å². The lowest BCUT2D eigenvalue weighted by Gasteiger charge is -2.22. The number of sulfonamides is 1.